The fourth-order valence-electron chi connectivity index (χ4n) is 3.41. The second kappa shape index (κ2) is 6.38. The molecule has 0 amide bonds. The van der Waals surface area contributed by atoms with Gasteiger partial charge in [-0.15, -0.1) is 0 Å². The minimum absolute atomic E-state index is 0.0987. The largest absolute Gasteiger partial charge is 0.457 e. The van der Waals surface area contributed by atoms with E-state index >= 15 is 0 Å². The molecule has 0 N–H and O–H groups in total. The van der Waals surface area contributed by atoms with Crippen molar-refractivity contribution in [1.82, 2.24) is 0 Å². The number of aryl methyl sites for hydroxylation is 1. The molecule has 0 radical (unpaired) electrons. The first kappa shape index (κ1) is 17.8. The van der Waals surface area contributed by atoms with Crippen molar-refractivity contribution in [3.63, 3.8) is 0 Å². The topological polar surface area (TPSA) is 96.0 Å². The van der Waals surface area contributed by atoms with Crippen LogP contribution >= 0.6 is 0 Å². The van der Waals surface area contributed by atoms with Gasteiger partial charge in [-0.25, -0.2) is 19.2 Å². The summed E-state index contributed by atoms with van der Waals surface area (Å²) in [6.45, 7) is 1.94. The maximum atomic E-state index is 12.0. The lowest BCUT2D eigenvalue weighted by atomic mass is 9.96. The average molecular weight is 400 g/mol. The Morgan fingerprint density at radius 3 is 1.83 bits per heavy atom. The molecule has 2 heterocycles. The first-order valence-electron chi connectivity index (χ1n) is 9.01. The Balaban J connectivity index is 1.68. The van der Waals surface area contributed by atoms with Crippen molar-refractivity contribution in [2.45, 2.75) is 6.92 Å². The predicted octanol–water partition coefficient (Wildman–Crippen LogP) is 4.08. The lowest BCUT2D eigenvalue weighted by Crippen LogP contribution is -1.98. The van der Waals surface area contributed by atoms with Crippen LogP contribution in [0.2, 0.25) is 0 Å². The van der Waals surface area contributed by atoms with E-state index in [1.54, 1.807) is 18.2 Å². The number of carbonyl (C=O) groups excluding carboxylic acids is 4. The fourth-order valence-corrected chi connectivity index (χ4v) is 3.41. The highest BCUT2D eigenvalue weighted by atomic mass is 16.6. The van der Waals surface area contributed by atoms with Gasteiger partial charge in [-0.05, 0) is 48.9 Å². The van der Waals surface area contributed by atoms with Crippen LogP contribution in [0.3, 0.4) is 0 Å². The lowest BCUT2D eigenvalue weighted by molar-refractivity contribution is 0.0425. The van der Waals surface area contributed by atoms with Crippen LogP contribution in [0, 0.1) is 6.92 Å². The predicted molar refractivity (Wildman–Crippen MR) is 103 cm³/mol. The molecular weight excluding hydrogens is 388 g/mol. The third kappa shape index (κ3) is 2.76. The molecule has 30 heavy (non-hydrogen) atoms. The van der Waals surface area contributed by atoms with Crippen molar-refractivity contribution in [1.29, 1.82) is 0 Å². The number of ether oxygens (including phenoxy) is 3. The highest BCUT2D eigenvalue weighted by Crippen LogP contribution is 2.39. The molecule has 0 spiro atoms. The van der Waals surface area contributed by atoms with Crippen LogP contribution in [-0.4, -0.2) is 23.9 Å². The van der Waals surface area contributed by atoms with Crippen LogP contribution < -0.4 is 4.74 Å². The highest BCUT2D eigenvalue weighted by molar-refractivity contribution is 6.17. The van der Waals surface area contributed by atoms with Crippen LogP contribution in [0.25, 0.3) is 11.1 Å². The molecule has 0 saturated carbocycles. The minimum atomic E-state index is -0.756. The molecule has 3 aromatic carbocycles. The van der Waals surface area contributed by atoms with Crippen LogP contribution in [0.1, 0.15) is 47.0 Å². The fraction of sp³-hybridized carbons (Fsp3) is 0.0435. The average Bonchev–Trinajstić information content (AvgIpc) is 3.17. The van der Waals surface area contributed by atoms with Gasteiger partial charge in [-0.3, -0.25) is 0 Å². The van der Waals surface area contributed by atoms with E-state index in [0.717, 1.165) is 5.56 Å². The molecule has 0 saturated heterocycles. The van der Waals surface area contributed by atoms with Gasteiger partial charge in [0.05, 0.1) is 22.3 Å². The summed E-state index contributed by atoms with van der Waals surface area (Å²) in [5.41, 5.74) is 2.51. The smallest absolute Gasteiger partial charge is 0.347 e. The summed E-state index contributed by atoms with van der Waals surface area (Å²) in [7, 11) is 0. The molecule has 0 aromatic heterocycles. The molecule has 0 unspecified atom stereocenters. The summed E-state index contributed by atoms with van der Waals surface area (Å²) in [5.74, 6) is -2.14. The SMILES string of the molecule is Cc1ccc(Oc2cc3c(cc2-c2ccc4c(c2)C(=O)OC4=O)C(=O)OC3=O)cc1. The van der Waals surface area contributed by atoms with Crippen LogP contribution in [0.4, 0.5) is 0 Å². The van der Waals surface area contributed by atoms with E-state index < -0.39 is 23.9 Å². The monoisotopic (exact) mass is 400 g/mol. The van der Waals surface area contributed by atoms with Gasteiger partial charge in [0, 0.05) is 5.56 Å². The molecule has 7 nitrogen and oxygen atoms in total. The number of hydrogen-bond acceptors (Lipinski definition) is 7. The van der Waals surface area contributed by atoms with Gasteiger partial charge < -0.3 is 14.2 Å². The molecular formula is C23H12O7. The quantitative estimate of drug-likeness (QED) is 0.483. The molecule has 0 fully saturated rings. The van der Waals surface area contributed by atoms with Gasteiger partial charge in [0.25, 0.3) is 0 Å². The highest BCUT2D eigenvalue weighted by Gasteiger charge is 2.33. The van der Waals surface area contributed by atoms with Crippen LogP contribution in [-0.2, 0) is 9.47 Å². The third-order valence-electron chi connectivity index (χ3n) is 4.95. The Bertz CT molecular complexity index is 1290. The van der Waals surface area contributed by atoms with Gasteiger partial charge in [-0.2, -0.15) is 0 Å². The van der Waals surface area contributed by atoms with Crippen molar-refractivity contribution >= 4 is 23.9 Å². The molecule has 0 aliphatic carbocycles. The Hall–Kier alpha value is -4.26. The zero-order chi connectivity index (χ0) is 21.0. The Labute approximate surface area is 169 Å². The Kier molecular flexibility index (Phi) is 3.79. The van der Waals surface area contributed by atoms with Crippen molar-refractivity contribution in [3.05, 3.63) is 82.4 Å². The summed E-state index contributed by atoms with van der Waals surface area (Å²) < 4.78 is 15.3. The summed E-state index contributed by atoms with van der Waals surface area (Å²) in [6.07, 6.45) is 0. The molecule has 7 heteroatoms. The van der Waals surface area contributed by atoms with Crippen LogP contribution in [0.5, 0.6) is 11.5 Å². The standard InChI is InChI=1S/C23H12O7/c1-11-2-5-13(6-3-11)28-19-10-18-17(22(26)30-23(18)27)9-15(19)12-4-7-14-16(8-12)21(25)29-20(14)24/h2-10H,1H3. The molecule has 146 valence electrons. The Morgan fingerprint density at radius 2 is 1.17 bits per heavy atom. The van der Waals surface area contributed by atoms with E-state index in [1.807, 2.05) is 19.1 Å². The lowest BCUT2D eigenvalue weighted by Gasteiger charge is -2.13. The number of carbonyl (C=O) groups is 4. The first-order valence-corrected chi connectivity index (χ1v) is 9.01. The second-order valence-corrected chi connectivity index (χ2v) is 6.92. The number of rotatable bonds is 3. The van der Waals surface area contributed by atoms with Crippen molar-refractivity contribution in [2.75, 3.05) is 0 Å². The zero-order valence-electron chi connectivity index (χ0n) is 15.6. The molecule has 5 rings (SSSR count). The molecule has 2 aliphatic heterocycles. The van der Waals surface area contributed by atoms with E-state index in [-0.39, 0.29) is 22.3 Å². The number of cyclic esters (lactones) is 4. The van der Waals surface area contributed by atoms with E-state index in [1.165, 1.54) is 24.3 Å². The molecule has 3 aromatic rings. The number of hydrogen-bond donors (Lipinski definition) is 0. The Morgan fingerprint density at radius 1 is 0.600 bits per heavy atom. The minimum Gasteiger partial charge on any atom is -0.457 e. The van der Waals surface area contributed by atoms with Gasteiger partial charge in [-0.1, -0.05) is 23.8 Å². The summed E-state index contributed by atoms with van der Waals surface area (Å²) in [5, 5.41) is 0. The van der Waals surface area contributed by atoms with Crippen LogP contribution in [0.15, 0.2) is 54.6 Å². The summed E-state index contributed by atoms with van der Waals surface area (Å²) in [4.78, 5) is 47.7. The third-order valence-corrected chi connectivity index (χ3v) is 4.95. The van der Waals surface area contributed by atoms with Crippen molar-refractivity contribution < 1.29 is 33.4 Å². The van der Waals surface area contributed by atoms with Crippen molar-refractivity contribution in [2.24, 2.45) is 0 Å². The number of esters is 4. The first-order chi connectivity index (χ1) is 14.4. The summed E-state index contributed by atoms with van der Waals surface area (Å²) >= 11 is 0. The maximum Gasteiger partial charge on any atom is 0.347 e. The summed E-state index contributed by atoms with van der Waals surface area (Å²) in [6, 6.07) is 14.8. The second-order valence-electron chi connectivity index (χ2n) is 6.92. The number of benzene rings is 3. The van der Waals surface area contributed by atoms with E-state index in [0.29, 0.717) is 22.6 Å². The van der Waals surface area contributed by atoms with E-state index in [4.69, 9.17) is 9.47 Å². The van der Waals surface area contributed by atoms with E-state index in [9.17, 15) is 19.2 Å². The zero-order valence-corrected chi connectivity index (χ0v) is 15.6. The normalized spacial score (nSPS) is 14.3. The maximum absolute atomic E-state index is 12.0. The van der Waals surface area contributed by atoms with Gasteiger partial charge in [0.15, 0.2) is 0 Å². The van der Waals surface area contributed by atoms with Gasteiger partial charge in [0.1, 0.15) is 11.5 Å². The van der Waals surface area contributed by atoms with Gasteiger partial charge in [0.2, 0.25) is 0 Å². The van der Waals surface area contributed by atoms with E-state index in [2.05, 4.69) is 4.74 Å². The molecule has 2 aliphatic rings. The number of fused-ring (bicyclic) bond motifs is 2. The molecule has 0 atom stereocenters. The van der Waals surface area contributed by atoms with Crippen molar-refractivity contribution in [3.8, 4) is 22.6 Å². The molecule has 0 bridgehead atoms. The van der Waals surface area contributed by atoms with Gasteiger partial charge >= 0.3 is 23.9 Å².